The number of benzene rings is 2. The number of nitrogens with one attached hydrogen (secondary N) is 1. The normalized spacial score (nSPS) is 14.3. The molecule has 1 heterocycles. The number of rotatable bonds is 9. The maximum Gasteiger partial charge on any atom is 0.303 e. The Morgan fingerprint density at radius 1 is 1.06 bits per heavy atom. The molecule has 0 saturated carbocycles. The van der Waals surface area contributed by atoms with Crippen LogP contribution in [0, 0.1) is 11.3 Å². The monoisotopic (exact) mass is 422 g/mol. The Morgan fingerprint density at radius 3 is 2.29 bits per heavy atom. The second-order valence-corrected chi connectivity index (χ2v) is 7.96. The number of hydrogen-bond acceptors (Lipinski definition) is 4. The third-order valence-electron chi connectivity index (χ3n) is 5.73. The number of carboxylic acid groups (broad SMARTS) is 1. The molecule has 3 rings (SSSR count). The van der Waals surface area contributed by atoms with Crippen LogP contribution in [0.2, 0.25) is 0 Å². The summed E-state index contributed by atoms with van der Waals surface area (Å²) in [4.78, 5) is 28.2. The molecule has 31 heavy (non-hydrogen) atoms. The molecule has 0 aliphatic carbocycles. The molecule has 1 aliphatic heterocycles. The second-order valence-electron chi connectivity index (χ2n) is 7.96. The number of piperidine rings is 1. The van der Waals surface area contributed by atoms with Crippen LogP contribution in [0.4, 0.5) is 5.69 Å². The summed E-state index contributed by atoms with van der Waals surface area (Å²) in [5.41, 5.74) is 8.34. The molecule has 7 heteroatoms. The minimum atomic E-state index is -0.837. The zero-order valence-electron chi connectivity index (χ0n) is 17.7. The number of nitrogens with two attached hydrogens (primary N) is 1. The molecule has 7 nitrogen and oxygen atoms in total. The lowest BCUT2D eigenvalue weighted by atomic mass is 9.94. The number of nitrogen functional groups attached to an aromatic ring is 1. The van der Waals surface area contributed by atoms with Gasteiger partial charge in [0.25, 0.3) is 0 Å². The number of carbonyl (C=O) groups is 2. The lowest BCUT2D eigenvalue weighted by molar-refractivity contribution is -0.139. The van der Waals surface area contributed by atoms with Crippen LogP contribution in [-0.2, 0) is 16.1 Å². The molecule has 1 amide bonds. The van der Waals surface area contributed by atoms with Gasteiger partial charge in [-0.15, -0.1) is 0 Å². The van der Waals surface area contributed by atoms with Gasteiger partial charge in [-0.1, -0.05) is 30.3 Å². The molecule has 0 unspecified atom stereocenters. The first-order valence-corrected chi connectivity index (χ1v) is 10.7. The van der Waals surface area contributed by atoms with Gasteiger partial charge in [-0.3, -0.25) is 15.0 Å². The van der Waals surface area contributed by atoms with Crippen molar-refractivity contribution in [3.8, 4) is 0 Å². The van der Waals surface area contributed by atoms with E-state index in [1.807, 2.05) is 59.5 Å². The van der Waals surface area contributed by atoms with Crippen LogP contribution in [0.3, 0.4) is 0 Å². The first kappa shape index (κ1) is 22.3. The van der Waals surface area contributed by atoms with Crippen molar-refractivity contribution in [1.82, 2.24) is 4.90 Å². The molecule has 2 aromatic carbocycles. The quantitative estimate of drug-likeness (QED) is 0.425. The number of hydrogen-bond donors (Lipinski definition) is 3. The molecule has 0 aromatic heterocycles. The third-order valence-corrected chi connectivity index (χ3v) is 5.73. The van der Waals surface area contributed by atoms with Crippen molar-refractivity contribution in [1.29, 1.82) is 5.41 Å². The van der Waals surface area contributed by atoms with E-state index in [-0.39, 0.29) is 24.1 Å². The summed E-state index contributed by atoms with van der Waals surface area (Å²) in [5, 5.41) is 16.5. The van der Waals surface area contributed by atoms with Gasteiger partial charge in [-0.25, -0.2) is 0 Å². The van der Waals surface area contributed by atoms with Crippen LogP contribution >= 0.6 is 0 Å². The molecule has 1 aliphatic rings. The molecule has 2 aromatic rings. The number of anilines is 1. The number of carbonyl (C=O) groups excluding carboxylic acids is 1. The van der Waals surface area contributed by atoms with Gasteiger partial charge in [0, 0.05) is 49.8 Å². The van der Waals surface area contributed by atoms with E-state index in [1.54, 1.807) is 0 Å². The predicted molar refractivity (Wildman–Crippen MR) is 121 cm³/mol. The van der Waals surface area contributed by atoms with Gasteiger partial charge in [0.2, 0.25) is 5.91 Å². The van der Waals surface area contributed by atoms with Crippen LogP contribution in [0.5, 0.6) is 0 Å². The molecule has 0 bridgehead atoms. The molecule has 0 spiro atoms. The van der Waals surface area contributed by atoms with E-state index in [1.165, 1.54) is 0 Å². The van der Waals surface area contributed by atoms with Crippen molar-refractivity contribution in [3.63, 3.8) is 0 Å². The predicted octanol–water partition coefficient (Wildman–Crippen LogP) is 3.08. The van der Waals surface area contributed by atoms with Crippen LogP contribution < -0.4 is 10.6 Å². The van der Waals surface area contributed by atoms with Crippen molar-refractivity contribution in [2.75, 3.05) is 24.5 Å². The minimum absolute atomic E-state index is 0.0530. The SMILES string of the molecule is N=C(N)c1ccc(N2CCC(C(=O)N(CCCC(=O)O)Cc3ccccc3)CC2)cc1. The zero-order valence-corrected chi connectivity index (χ0v) is 17.7. The topological polar surface area (TPSA) is 111 Å². The Balaban J connectivity index is 1.60. The maximum absolute atomic E-state index is 13.3. The standard InChI is InChI=1S/C24H30N4O3/c25-23(26)19-8-10-21(11-9-19)27-15-12-20(13-16-27)24(31)28(14-4-7-22(29)30)17-18-5-2-1-3-6-18/h1-3,5-6,8-11,20H,4,7,12-17H2,(H3,25,26)(H,29,30). The Morgan fingerprint density at radius 2 is 1.71 bits per heavy atom. The van der Waals surface area contributed by atoms with E-state index in [2.05, 4.69) is 4.90 Å². The molecular formula is C24H30N4O3. The number of amides is 1. The summed E-state index contributed by atoms with van der Waals surface area (Å²) in [6.45, 7) is 2.52. The lowest BCUT2D eigenvalue weighted by Gasteiger charge is -2.35. The van der Waals surface area contributed by atoms with Gasteiger partial charge in [0.05, 0.1) is 0 Å². The summed E-state index contributed by atoms with van der Waals surface area (Å²) in [5.74, 6) is -0.726. The van der Waals surface area contributed by atoms with Crippen molar-refractivity contribution in [2.24, 2.45) is 11.7 Å². The van der Waals surface area contributed by atoms with Crippen molar-refractivity contribution < 1.29 is 14.7 Å². The van der Waals surface area contributed by atoms with Gasteiger partial charge in [-0.2, -0.15) is 0 Å². The smallest absolute Gasteiger partial charge is 0.303 e. The number of nitrogens with zero attached hydrogens (tertiary/aromatic N) is 2. The first-order valence-electron chi connectivity index (χ1n) is 10.7. The maximum atomic E-state index is 13.3. The van der Waals surface area contributed by atoms with Crippen molar-refractivity contribution in [2.45, 2.75) is 32.2 Å². The summed E-state index contributed by atoms with van der Waals surface area (Å²) in [6, 6.07) is 17.4. The Labute approximate surface area is 183 Å². The number of amidine groups is 1. The number of aliphatic carboxylic acids is 1. The van der Waals surface area contributed by atoms with Crippen LogP contribution in [0.15, 0.2) is 54.6 Å². The Hall–Kier alpha value is -3.35. The van der Waals surface area contributed by atoms with Gasteiger partial charge < -0.3 is 20.6 Å². The second kappa shape index (κ2) is 10.6. The highest BCUT2D eigenvalue weighted by atomic mass is 16.4. The number of carboxylic acids is 1. The van der Waals surface area contributed by atoms with Gasteiger partial charge >= 0.3 is 5.97 Å². The summed E-state index contributed by atoms with van der Waals surface area (Å²) >= 11 is 0. The Kier molecular flexibility index (Phi) is 7.65. The molecule has 4 N–H and O–H groups in total. The van der Waals surface area contributed by atoms with Crippen LogP contribution in [0.25, 0.3) is 0 Å². The van der Waals surface area contributed by atoms with E-state index in [0.717, 1.165) is 37.2 Å². The van der Waals surface area contributed by atoms with Crippen LogP contribution in [-0.4, -0.2) is 47.4 Å². The minimum Gasteiger partial charge on any atom is -0.481 e. The fraction of sp³-hybridized carbons (Fsp3) is 0.375. The van der Waals surface area contributed by atoms with Crippen molar-refractivity contribution >= 4 is 23.4 Å². The van der Waals surface area contributed by atoms with Gasteiger partial charge in [0.15, 0.2) is 0 Å². The van der Waals surface area contributed by atoms with Gasteiger partial charge in [0.1, 0.15) is 5.84 Å². The average Bonchev–Trinajstić information content (AvgIpc) is 2.78. The lowest BCUT2D eigenvalue weighted by Crippen LogP contribution is -2.42. The molecule has 164 valence electrons. The third kappa shape index (κ3) is 6.31. The highest BCUT2D eigenvalue weighted by Crippen LogP contribution is 2.25. The molecule has 0 radical (unpaired) electrons. The molecule has 1 fully saturated rings. The van der Waals surface area contributed by atoms with E-state index in [0.29, 0.717) is 25.1 Å². The van der Waals surface area contributed by atoms with E-state index in [4.69, 9.17) is 16.2 Å². The summed E-state index contributed by atoms with van der Waals surface area (Å²) in [6.07, 6.45) is 2.04. The average molecular weight is 423 g/mol. The molecule has 0 atom stereocenters. The molecule has 1 saturated heterocycles. The fourth-order valence-electron chi connectivity index (χ4n) is 3.99. The Bertz CT molecular complexity index is 891. The van der Waals surface area contributed by atoms with Crippen molar-refractivity contribution in [3.05, 3.63) is 65.7 Å². The largest absolute Gasteiger partial charge is 0.481 e. The summed E-state index contributed by atoms with van der Waals surface area (Å²) in [7, 11) is 0. The highest BCUT2D eigenvalue weighted by Gasteiger charge is 2.28. The molecular weight excluding hydrogens is 392 g/mol. The van der Waals surface area contributed by atoms with Gasteiger partial charge in [-0.05, 0) is 49.1 Å². The summed E-state index contributed by atoms with van der Waals surface area (Å²) < 4.78 is 0. The van der Waals surface area contributed by atoms with E-state index < -0.39 is 5.97 Å². The first-order chi connectivity index (χ1) is 14.9. The zero-order chi connectivity index (χ0) is 22.2. The van der Waals surface area contributed by atoms with E-state index in [9.17, 15) is 9.59 Å². The fourth-order valence-corrected chi connectivity index (χ4v) is 3.99. The van der Waals surface area contributed by atoms with Crippen LogP contribution in [0.1, 0.15) is 36.8 Å². The highest BCUT2D eigenvalue weighted by molar-refractivity contribution is 5.95. The van der Waals surface area contributed by atoms with E-state index >= 15 is 0 Å².